The zero-order valence-electron chi connectivity index (χ0n) is 10.5. The molecule has 0 saturated heterocycles. The molecular formula is C15H13N3O. The average molecular weight is 251 g/mol. The number of para-hydroxylation sites is 1. The molecule has 4 heteroatoms. The van der Waals surface area contributed by atoms with Crippen LogP contribution < -0.4 is 10.5 Å². The topological polar surface area (TPSA) is 61.0 Å². The molecule has 0 fully saturated rings. The highest BCUT2D eigenvalue weighted by Gasteiger charge is 2.05. The third kappa shape index (κ3) is 2.33. The number of rotatable bonds is 2. The smallest absolute Gasteiger partial charge is 0.153 e. The summed E-state index contributed by atoms with van der Waals surface area (Å²) in [6, 6.07) is 13.4. The van der Waals surface area contributed by atoms with Gasteiger partial charge in [0, 0.05) is 11.1 Å². The summed E-state index contributed by atoms with van der Waals surface area (Å²) in [4.78, 5) is 8.52. The second-order valence-corrected chi connectivity index (χ2v) is 4.30. The van der Waals surface area contributed by atoms with Crippen LogP contribution in [0, 0.1) is 6.92 Å². The zero-order chi connectivity index (χ0) is 13.2. The van der Waals surface area contributed by atoms with Crippen LogP contribution >= 0.6 is 0 Å². The van der Waals surface area contributed by atoms with E-state index in [1.165, 1.54) is 0 Å². The molecule has 1 aromatic carbocycles. The highest BCUT2D eigenvalue weighted by molar-refractivity contribution is 5.84. The third-order valence-electron chi connectivity index (χ3n) is 2.81. The number of aryl methyl sites for hydroxylation is 1. The van der Waals surface area contributed by atoms with Crippen LogP contribution in [0.1, 0.15) is 5.69 Å². The zero-order valence-corrected chi connectivity index (χ0v) is 10.5. The molecule has 3 rings (SSSR count). The van der Waals surface area contributed by atoms with Crippen molar-refractivity contribution >= 4 is 16.7 Å². The van der Waals surface area contributed by atoms with Crippen molar-refractivity contribution in [2.45, 2.75) is 6.92 Å². The van der Waals surface area contributed by atoms with Crippen LogP contribution in [0.25, 0.3) is 10.9 Å². The maximum absolute atomic E-state index is 5.82. The van der Waals surface area contributed by atoms with Crippen LogP contribution in [0.3, 0.4) is 0 Å². The van der Waals surface area contributed by atoms with Crippen molar-refractivity contribution in [3.63, 3.8) is 0 Å². The molecule has 4 nitrogen and oxygen atoms in total. The fourth-order valence-electron chi connectivity index (χ4n) is 1.88. The Morgan fingerprint density at radius 1 is 1.05 bits per heavy atom. The third-order valence-corrected chi connectivity index (χ3v) is 2.81. The second kappa shape index (κ2) is 4.57. The minimum Gasteiger partial charge on any atom is -0.453 e. The molecule has 0 aliphatic heterocycles. The van der Waals surface area contributed by atoms with Crippen molar-refractivity contribution in [3.8, 4) is 11.5 Å². The minimum atomic E-state index is 0.472. The number of aromatic nitrogens is 2. The lowest BCUT2D eigenvalue weighted by molar-refractivity contribution is 0.485. The molecule has 0 bridgehead atoms. The molecule has 2 N–H and O–H groups in total. The summed E-state index contributed by atoms with van der Waals surface area (Å²) in [7, 11) is 0. The first-order valence-electron chi connectivity index (χ1n) is 5.98. The van der Waals surface area contributed by atoms with Crippen molar-refractivity contribution in [3.05, 3.63) is 54.4 Å². The first-order valence-corrected chi connectivity index (χ1v) is 5.98. The van der Waals surface area contributed by atoms with Gasteiger partial charge in [0.2, 0.25) is 0 Å². The number of hydrogen-bond acceptors (Lipinski definition) is 4. The average Bonchev–Trinajstić information content (AvgIpc) is 2.42. The fourth-order valence-corrected chi connectivity index (χ4v) is 1.88. The molecule has 0 spiro atoms. The molecule has 0 saturated carbocycles. The van der Waals surface area contributed by atoms with Gasteiger partial charge in [-0.05, 0) is 31.2 Å². The number of benzene rings is 1. The maximum atomic E-state index is 5.82. The van der Waals surface area contributed by atoms with Crippen molar-refractivity contribution < 1.29 is 4.74 Å². The van der Waals surface area contributed by atoms with Crippen molar-refractivity contribution in [1.29, 1.82) is 0 Å². The normalized spacial score (nSPS) is 10.6. The van der Waals surface area contributed by atoms with E-state index in [1.807, 2.05) is 37.3 Å². The number of anilines is 1. The van der Waals surface area contributed by atoms with Gasteiger partial charge in [-0.1, -0.05) is 18.2 Å². The lowest BCUT2D eigenvalue weighted by atomic mass is 10.2. The van der Waals surface area contributed by atoms with Gasteiger partial charge in [0.05, 0.1) is 6.20 Å². The quantitative estimate of drug-likeness (QED) is 0.759. The van der Waals surface area contributed by atoms with Gasteiger partial charge in [0.15, 0.2) is 5.75 Å². The Morgan fingerprint density at radius 2 is 1.95 bits per heavy atom. The molecular weight excluding hydrogens is 238 g/mol. The second-order valence-electron chi connectivity index (χ2n) is 4.30. The minimum absolute atomic E-state index is 0.472. The summed E-state index contributed by atoms with van der Waals surface area (Å²) in [6.45, 7) is 1.96. The molecule has 2 heterocycles. The van der Waals surface area contributed by atoms with E-state index in [-0.39, 0.29) is 0 Å². The van der Waals surface area contributed by atoms with E-state index in [1.54, 1.807) is 18.3 Å². The van der Waals surface area contributed by atoms with Gasteiger partial charge >= 0.3 is 0 Å². The van der Waals surface area contributed by atoms with Gasteiger partial charge < -0.3 is 10.5 Å². The molecule has 94 valence electrons. The summed E-state index contributed by atoms with van der Waals surface area (Å²) in [5.74, 6) is 1.83. The van der Waals surface area contributed by atoms with E-state index < -0.39 is 0 Å². The van der Waals surface area contributed by atoms with E-state index in [9.17, 15) is 0 Å². The highest BCUT2D eigenvalue weighted by Crippen LogP contribution is 2.28. The first kappa shape index (κ1) is 11.5. The van der Waals surface area contributed by atoms with Gasteiger partial charge in [0.1, 0.15) is 17.1 Å². The Bertz CT molecular complexity index is 723. The maximum Gasteiger partial charge on any atom is 0.153 e. The summed E-state index contributed by atoms with van der Waals surface area (Å²) in [5, 5.41) is 1.05. The van der Waals surface area contributed by atoms with Gasteiger partial charge in [-0.3, -0.25) is 0 Å². The van der Waals surface area contributed by atoms with Crippen LogP contribution in [0.5, 0.6) is 11.5 Å². The van der Waals surface area contributed by atoms with Gasteiger partial charge in [0.25, 0.3) is 0 Å². The first-order chi connectivity index (χ1) is 9.22. The molecule has 3 aromatic rings. The number of pyridine rings is 2. The van der Waals surface area contributed by atoms with Crippen LogP contribution in [-0.4, -0.2) is 9.97 Å². The summed E-state index contributed by atoms with van der Waals surface area (Å²) in [6.07, 6.45) is 1.60. The van der Waals surface area contributed by atoms with Crippen molar-refractivity contribution in [2.24, 2.45) is 0 Å². The molecule has 2 aromatic heterocycles. The van der Waals surface area contributed by atoms with E-state index in [4.69, 9.17) is 10.5 Å². The summed E-state index contributed by atoms with van der Waals surface area (Å²) in [5.41, 5.74) is 7.36. The Morgan fingerprint density at radius 3 is 2.74 bits per heavy atom. The van der Waals surface area contributed by atoms with Crippen LogP contribution in [0.15, 0.2) is 48.7 Å². The van der Waals surface area contributed by atoms with Gasteiger partial charge in [-0.25, -0.2) is 9.97 Å². The molecule has 0 aliphatic rings. The molecule has 0 radical (unpaired) electrons. The fraction of sp³-hybridized carbons (Fsp3) is 0.0667. The van der Waals surface area contributed by atoms with Crippen LogP contribution in [0.2, 0.25) is 0 Å². The number of nitrogens with zero attached hydrogens (tertiary/aromatic N) is 2. The summed E-state index contributed by atoms with van der Waals surface area (Å²) < 4.78 is 5.82. The number of nitrogen functional groups attached to an aromatic ring is 1. The van der Waals surface area contributed by atoms with E-state index in [2.05, 4.69) is 9.97 Å². The molecule has 0 atom stereocenters. The Kier molecular flexibility index (Phi) is 2.76. The van der Waals surface area contributed by atoms with E-state index in [0.29, 0.717) is 17.3 Å². The lowest BCUT2D eigenvalue weighted by Gasteiger charge is -2.08. The Balaban J connectivity index is 2.05. The number of ether oxygens (including phenoxy) is 1. The largest absolute Gasteiger partial charge is 0.453 e. The molecule has 0 amide bonds. The SMILES string of the molecule is Cc1ccc2cccc(Oc3ccc(N)nc3)c2n1. The van der Waals surface area contributed by atoms with E-state index >= 15 is 0 Å². The van der Waals surface area contributed by atoms with Gasteiger partial charge in [-0.2, -0.15) is 0 Å². The molecule has 0 unspecified atom stereocenters. The van der Waals surface area contributed by atoms with E-state index in [0.717, 1.165) is 16.6 Å². The number of fused-ring (bicyclic) bond motifs is 1. The standard InChI is InChI=1S/C15H13N3O/c1-10-5-6-11-3-2-4-13(15(11)18-10)19-12-7-8-14(16)17-9-12/h2-9H,1H3,(H2,16,17). The predicted molar refractivity (Wildman–Crippen MR) is 75.2 cm³/mol. The highest BCUT2D eigenvalue weighted by atomic mass is 16.5. The van der Waals surface area contributed by atoms with Crippen LogP contribution in [0.4, 0.5) is 5.82 Å². The van der Waals surface area contributed by atoms with Crippen molar-refractivity contribution in [2.75, 3.05) is 5.73 Å². The number of hydrogen-bond donors (Lipinski definition) is 1. The van der Waals surface area contributed by atoms with Crippen LogP contribution in [-0.2, 0) is 0 Å². The monoisotopic (exact) mass is 251 g/mol. The Labute approximate surface area is 110 Å². The lowest BCUT2D eigenvalue weighted by Crippen LogP contribution is -1.92. The van der Waals surface area contributed by atoms with Crippen molar-refractivity contribution in [1.82, 2.24) is 9.97 Å². The van der Waals surface area contributed by atoms with Gasteiger partial charge in [-0.15, -0.1) is 0 Å². The summed E-state index contributed by atoms with van der Waals surface area (Å²) >= 11 is 0. The predicted octanol–water partition coefficient (Wildman–Crippen LogP) is 3.31. The Hall–Kier alpha value is -2.62. The molecule has 0 aliphatic carbocycles. The number of nitrogens with two attached hydrogens (primary N) is 1. The molecule has 19 heavy (non-hydrogen) atoms.